The van der Waals surface area contributed by atoms with Crippen LogP contribution in [0, 0.1) is 0 Å². The Bertz CT molecular complexity index is 533. The predicted octanol–water partition coefficient (Wildman–Crippen LogP) is 0.770. The summed E-state index contributed by atoms with van der Waals surface area (Å²) in [6, 6.07) is 2.35. The Morgan fingerprint density at radius 1 is 1.38 bits per heavy atom. The summed E-state index contributed by atoms with van der Waals surface area (Å²) in [5.41, 5.74) is -0.175. The number of amides is 3. The molecule has 0 aliphatic rings. The maximum absolute atomic E-state index is 11.9. The fourth-order valence-electron chi connectivity index (χ4n) is 1.49. The zero-order valence-corrected chi connectivity index (χ0v) is 11.9. The average Bonchev–Trinajstić information content (AvgIpc) is 2.45. The van der Waals surface area contributed by atoms with Crippen LogP contribution < -0.4 is 10.6 Å². The van der Waals surface area contributed by atoms with Crippen molar-refractivity contribution >= 4 is 23.6 Å². The van der Waals surface area contributed by atoms with Crippen LogP contribution in [0.5, 0.6) is 0 Å². The first kappa shape index (κ1) is 16.4. The number of likely N-dealkylation sites (N-methyl/N-ethyl adjacent to an activating group) is 1. The molecular formula is C13H18N4O4. The molecule has 0 aliphatic heterocycles. The Morgan fingerprint density at radius 2 is 2.10 bits per heavy atom. The second kappa shape index (κ2) is 7.83. The third-order valence-corrected chi connectivity index (χ3v) is 2.55. The smallest absolute Gasteiger partial charge is 0.356 e. The Labute approximate surface area is 122 Å². The van der Waals surface area contributed by atoms with Gasteiger partial charge in [-0.25, -0.2) is 14.6 Å². The van der Waals surface area contributed by atoms with Crippen LogP contribution in [0.25, 0.3) is 0 Å². The minimum absolute atomic E-state index is 0.0795. The van der Waals surface area contributed by atoms with E-state index in [2.05, 4.69) is 15.6 Å². The van der Waals surface area contributed by atoms with E-state index in [9.17, 15) is 14.4 Å². The molecule has 0 radical (unpaired) electrons. The Hall–Kier alpha value is -2.64. The molecule has 0 unspecified atom stereocenters. The summed E-state index contributed by atoms with van der Waals surface area (Å²) in [7, 11) is 1.44. The Balaban J connectivity index is 2.64. The summed E-state index contributed by atoms with van der Waals surface area (Å²) >= 11 is 0. The number of urea groups is 1. The van der Waals surface area contributed by atoms with Gasteiger partial charge in [-0.15, -0.1) is 0 Å². The molecule has 0 aromatic carbocycles. The second-order valence-corrected chi connectivity index (χ2v) is 4.34. The Kier molecular flexibility index (Phi) is 6.12. The molecule has 0 saturated heterocycles. The number of anilines is 1. The average molecular weight is 294 g/mol. The van der Waals surface area contributed by atoms with Crippen molar-refractivity contribution in [3.8, 4) is 0 Å². The predicted molar refractivity (Wildman–Crippen MR) is 76.1 cm³/mol. The van der Waals surface area contributed by atoms with E-state index in [4.69, 9.17) is 5.11 Å². The molecule has 21 heavy (non-hydrogen) atoms. The van der Waals surface area contributed by atoms with Crippen LogP contribution in [-0.2, 0) is 4.79 Å². The van der Waals surface area contributed by atoms with Crippen molar-refractivity contribution < 1.29 is 19.5 Å². The fourth-order valence-corrected chi connectivity index (χ4v) is 1.49. The monoisotopic (exact) mass is 294 g/mol. The molecule has 0 bridgehead atoms. The first-order valence-corrected chi connectivity index (χ1v) is 6.42. The van der Waals surface area contributed by atoms with Crippen LogP contribution in [0.1, 0.15) is 23.8 Å². The third-order valence-electron chi connectivity index (χ3n) is 2.55. The summed E-state index contributed by atoms with van der Waals surface area (Å²) in [4.78, 5) is 39.2. The van der Waals surface area contributed by atoms with Crippen molar-refractivity contribution in [2.24, 2.45) is 0 Å². The van der Waals surface area contributed by atoms with Gasteiger partial charge in [0.2, 0.25) is 5.91 Å². The van der Waals surface area contributed by atoms with Crippen molar-refractivity contribution in [3.05, 3.63) is 24.0 Å². The van der Waals surface area contributed by atoms with Crippen LogP contribution in [0.15, 0.2) is 18.3 Å². The molecule has 0 saturated carbocycles. The summed E-state index contributed by atoms with van der Waals surface area (Å²) < 4.78 is 0. The molecule has 1 heterocycles. The molecule has 1 rings (SSSR count). The lowest BCUT2D eigenvalue weighted by molar-refractivity contribution is -0.121. The number of hydrogen-bond donors (Lipinski definition) is 3. The lowest BCUT2D eigenvalue weighted by Crippen LogP contribution is -2.40. The lowest BCUT2D eigenvalue weighted by atomic mass is 10.3. The van der Waals surface area contributed by atoms with Gasteiger partial charge in [0.25, 0.3) is 0 Å². The van der Waals surface area contributed by atoms with Gasteiger partial charge in [-0.3, -0.25) is 4.79 Å². The minimum atomic E-state index is -1.24. The third kappa shape index (κ3) is 5.09. The SMILES string of the molecule is CCCNC(=O)CN(C)C(=O)Nc1cccnc1C(=O)O. The van der Waals surface area contributed by atoms with E-state index in [-0.39, 0.29) is 23.8 Å². The molecule has 3 amide bonds. The van der Waals surface area contributed by atoms with Crippen molar-refractivity contribution in [1.29, 1.82) is 0 Å². The van der Waals surface area contributed by atoms with Crippen LogP contribution in [0.4, 0.5) is 10.5 Å². The van der Waals surface area contributed by atoms with Gasteiger partial charge < -0.3 is 20.6 Å². The number of pyridine rings is 1. The molecule has 1 aromatic heterocycles. The number of hydrogen-bond acceptors (Lipinski definition) is 4. The number of rotatable bonds is 6. The van der Waals surface area contributed by atoms with Gasteiger partial charge in [-0.2, -0.15) is 0 Å². The second-order valence-electron chi connectivity index (χ2n) is 4.34. The van der Waals surface area contributed by atoms with Gasteiger partial charge in [0.15, 0.2) is 5.69 Å². The van der Waals surface area contributed by atoms with Gasteiger partial charge in [-0.1, -0.05) is 6.92 Å². The number of carboxylic acids is 1. The number of aromatic nitrogens is 1. The van der Waals surface area contributed by atoms with Crippen LogP contribution in [0.2, 0.25) is 0 Å². The largest absolute Gasteiger partial charge is 0.476 e. The molecule has 8 nitrogen and oxygen atoms in total. The number of carbonyl (C=O) groups excluding carboxylic acids is 2. The molecular weight excluding hydrogens is 276 g/mol. The Morgan fingerprint density at radius 3 is 2.71 bits per heavy atom. The van der Waals surface area contributed by atoms with Crippen LogP contribution >= 0.6 is 0 Å². The number of carbonyl (C=O) groups is 3. The van der Waals surface area contributed by atoms with Gasteiger partial charge >= 0.3 is 12.0 Å². The van der Waals surface area contributed by atoms with Gasteiger partial charge in [-0.05, 0) is 18.6 Å². The van der Waals surface area contributed by atoms with Crippen LogP contribution in [-0.4, -0.2) is 53.0 Å². The summed E-state index contributed by atoms with van der Waals surface area (Å²) in [5, 5.41) is 14.0. The standard InChI is InChI=1S/C13H18N4O4/c1-3-6-14-10(18)8-17(2)13(21)16-9-5-4-7-15-11(9)12(19)20/h4-5,7H,3,6,8H2,1-2H3,(H,14,18)(H,16,21)(H,19,20). The van der Waals surface area contributed by atoms with E-state index in [0.29, 0.717) is 6.54 Å². The number of carboxylic acid groups (broad SMARTS) is 1. The number of aromatic carboxylic acids is 1. The molecule has 0 spiro atoms. The van der Waals surface area contributed by atoms with E-state index >= 15 is 0 Å². The van der Waals surface area contributed by atoms with E-state index in [1.165, 1.54) is 25.4 Å². The zero-order chi connectivity index (χ0) is 15.8. The number of nitrogens with zero attached hydrogens (tertiary/aromatic N) is 2. The maximum Gasteiger partial charge on any atom is 0.356 e. The van der Waals surface area contributed by atoms with Gasteiger partial charge in [0.05, 0.1) is 5.69 Å². The summed E-state index contributed by atoms with van der Waals surface area (Å²) in [6.07, 6.45) is 2.13. The highest BCUT2D eigenvalue weighted by Crippen LogP contribution is 2.12. The van der Waals surface area contributed by atoms with Crippen molar-refractivity contribution in [2.75, 3.05) is 25.5 Å². The number of nitrogens with one attached hydrogen (secondary N) is 2. The van der Waals surface area contributed by atoms with E-state index < -0.39 is 12.0 Å². The molecule has 0 fully saturated rings. The fraction of sp³-hybridized carbons (Fsp3) is 0.385. The molecule has 8 heteroatoms. The highest BCUT2D eigenvalue weighted by atomic mass is 16.4. The molecule has 0 aliphatic carbocycles. The maximum atomic E-state index is 11.9. The minimum Gasteiger partial charge on any atom is -0.476 e. The van der Waals surface area contributed by atoms with Gasteiger partial charge in [0, 0.05) is 19.8 Å². The lowest BCUT2D eigenvalue weighted by Gasteiger charge is -2.18. The van der Waals surface area contributed by atoms with E-state index in [1.54, 1.807) is 0 Å². The first-order chi connectivity index (χ1) is 9.95. The molecule has 3 N–H and O–H groups in total. The highest BCUT2D eigenvalue weighted by Gasteiger charge is 2.17. The molecule has 1 aromatic rings. The normalized spacial score (nSPS) is 9.81. The zero-order valence-electron chi connectivity index (χ0n) is 11.9. The summed E-state index contributed by atoms with van der Waals surface area (Å²) in [6.45, 7) is 2.35. The molecule has 0 atom stereocenters. The quantitative estimate of drug-likeness (QED) is 0.717. The van der Waals surface area contributed by atoms with Crippen molar-refractivity contribution in [2.45, 2.75) is 13.3 Å². The van der Waals surface area contributed by atoms with E-state index in [1.807, 2.05) is 6.92 Å². The van der Waals surface area contributed by atoms with Crippen molar-refractivity contribution in [1.82, 2.24) is 15.2 Å². The molecule has 114 valence electrons. The topological polar surface area (TPSA) is 112 Å². The first-order valence-electron chi connectivity index (χ1n) is 6.42. The summed E-state index contributed by atoms with van der Waals surface area (Å²) in [5.74, 6) is -1.52. The van der Waals surface area contributed by atoms with Crippen molar-refractivity contribution in [3.63, 3.8) is 0 Å². The van der Waals surface area contributed by atoms with Gasteiger partial charge in [0.1, 0.15) is 6.54 Å². The van der Waals surface area contributed by atoms with Crippen LogP contribution in [0.3, 0.4) is 0 Å². The highest BCUT2D eigenvalue weighted by molar-refractivity contribution is 5.99. The van der Waals surface area contributed by atoms with E-state index in [0.717, 1.165) is 11.3 Å².